The lowest BCUT2D eigenvalue weighted by Crippen LogP contribution is -2.34. The van der Waals surface area contributed by atoms with Crippen molar-refractivity contribution < 1.29 is 0 Å². The highest BCUT2D eigenvalue weighted by Gasteiger charge is 2.09. The Bertz CT molecular complexity index is 126. The third-order valence-corrected chi connectivity index (χ3v) is 2.32. The van der Waals surface area contributed by atoms with Crippen molar-refractivity contribution in [1.82, 2.24) is 4.90 Å². The maximum Gasteiger partial charge on any atom is 0.0953 e. The fourth-order valence-corrected chi connectivity index (χ4v) is 1.26. The van der Waals surface area contributed by atoms with Gasteiger partial charge in [0.25, 0.3) is 0 Å². The van der Waals surface area contributed by atoms with E-state index in [0.29, 0.717) is 6.04 Å². The van der Waals surface area contributed by atoms with Gasteiger partial charge in [0, 0.05) is 20.1 Å². The summed E-state index contributed by atoms with van der Waals surface area (Å²) in [6.45, 7) is 6.49. The molecule has 2 heteroatoms. The van der Waals surface area contributed by atoms with Crippen molar-refractivity contribution in [3.05, 3.63) is 0 Å². The van der Waals surface area contributed by atoms with Crippen LogP contribution in [-0.2, 0) is 0 Å². The largest absolute Gasteiger partial charge is 0.361 e. The first kappa shape index (κ1) is 10.5. The lowest BCUT2D eigenvalue weighted by molar-refractivity contribution is 0.343. The molecule has 2 nitrogen and oxygen atoms in total. The van der Waals surface area contributed by atoms with Crippen LogP contribution in [0, 0.1) is 0 Å². The summed E-state index contributed by atoms with van der Waals surface area (Å²) in [5.74, 6) is 1.12. The van der Waals surface area contributed by atoms with E-state index in [1.807, 2.05) is 7.05 Å². The van der Waals surface area contributed by atoms with Crippen LogP contribution < -0.4 is 0 Å². The molecule has 0 aromatic heterocycles. The lowest BCUT2D eigenvalue weighted by atomic mass is 10.1. The van der Waals surface area contributed by atoms with E-state index in [1.54, 1.807) is 0 Å². The van der Waals surface area contributed by atoms with Crippen molar-refractivity contribution in [3.63, 3.8) is 0 Å². The van der Waals surface area contributed by atoms with Crippen molar-refractivity contribution >= 4 is 5.84 Å². The maximum atomic E-state index is 4.15. The summed E-state index contributed by atoms with van der Waals surface area (Å²) in [5.41, 5.74) is 0. The van der Waals surface area contributed by atoms with E-state index in [1.165, 1.54) is 12.8 Å². The van der Waals surface area contributed by atoms with E-state index >= 15 is 0 Å². The molecular formula is C9H20N2. The Morgan fingerprint density at radius 1 is 1.36 bits per heavy atom. The number of hydrogen-bond acceptors (Lipinski definition) is 1. The zero-order valence-corrected chi connectivity index (χ0v) is 8.39. The molecule has 0 spiro atoms. The second-order valence-electron chi connectivity index (χ2n) is 2.85. The highest BCUT2D eigenvalue weighted by molar-refractivity contribution is 5.79. The number of nitrogens with zero attached hydrogens (tertiary/aromatic N) is 2. The molecule has 0 aromatic carbocycles. The Morgan fingerprint density at radius 3 is 2.09 bits per heavy atom. The molecule has 0 atom stereocenters. The summed E-state index contributed by atoms with van der Waals surface area (Å²) >= 11 is 0. The number of amidine groups is 1. The molecule has 0 aliphatic heterocycles. The Morgan fingerprint density at radius 2 is 1.82 bits per heavy atom. The monoisotopic (exact) mass is 156 g/mol. The molecule has 0 N–H and O–H groups in total. The van der Waals surface area contributed by atoms with Crippen LogP contribution in [0.1, 0.15) is 33.6 Å². The summed E-state index contributed by atoms with van der Waals surface area (Å²) in [7, 11) is 3.95. The van der Waals surface area contributed by atoms with Crippen LogP contribution in [0.25, 0.3) is 0 Å². The van der Waals surface area contributed by atoms with E-state index in [2.05, 4.69) is 37.7 Å². The third kappa shape index (κ3) is 2.91. The molecule has 0 fully saturated rings. The van der Waals surface area contributed by atoms with Gasteiger partial charge in [-0.3, -0.25) is 4.99 Å². The first-order valence-electron chi connectivity index (χ1n) is 4.33. The van der Waals surface area contributed by atoms with Gasteiger partial charge in [0.15, 0.2) is 0 Å². The predicted molar refractivity (Wildman–Crippen MR) is 51.2 cm³/mol. The smallest absolute Gasteiger partial charge is 0.0953 e. The fraction of sp³-hybridized carbons (Fsp3) is 0.889. The molecule has 0 amide bonds. The van der Waals surface area contributed by atoms with Crippen molar-refractivity contribution in [3.8, 4) is 0 Å². The van der Waals surface area contributed by atoms with Gasteiger partial charge in [0.2, 0.25) is 0 Å². The van der Waals surface area contributed by atoms with E-state index in [9.17, 15) is 0 Å². The van der Waals surface area contributed by atoms with Crippen LogP contribution >= 0.6 is 0 Å². The Balaban J connectivity index is 4.08. The first-order chi connectivity index (χ1) is 5.17. The van der Waals surface area contributed by atoms with Crippen LogP contribution in [0.4, 0.5) is 0 Å². The molecule has 11 heavy (non-hydrogen) atoms. The van der Waals surface area contributed by atoms with Crippen molar-refractivity contribution in [2.75, 3.05) is 14.1 Å². The van der Waals surface area contributed by atoms with Crippen LogP contribution in [0.5, 0.6) is 0 Å². The van der Waals surface area contributed by atoms with Gasteiger partial charge in [0.05, 0.1) is 5.84 Å². The molecule has 0 bridgehead atoms. The quantitative estimate of drug-likeness (QED) is 0.451. The van der Waals surface area contributed by atoms with Crippen molar-refractivity contribution in [1.29, 1.82) is 0 Å². The molecule has 0 aliphatic carbocycles. The SMILES string of the molecule is CCC(CC)N(C)C(C)=NC. The topological polar surface area (TPSA) is 15.6 Å². The third-order valence-electron chi connectivity index (χ3n) is 2.32. The summed E-state index contributed by atoms with van der Waals surface area (Å²) in [6.07, 6.45) is 2.39. The highest BCUT2D eigenvalue weighted by atomic mass is 15.2. The molecule has 0 saturated heterocycles. The molecule has 0 rings (SSSR count). The minimum absolute atomic E-state index is 0.652. The van der Waals surface area contributed by atoms with Crippen LogP contribution in [0.2, 0.25) is 0 Å². The lowest BCUT2D eigenvalue weighted by Gasteiger charge is -2.27. The average Bonchev–Trinajstić information content (AvgIpc) is 2.05. The Labute approximate surface area is 70.3 Å². The van der Waals surface area contributed by atoms with Gasteiger partial charge in [-0.25, -0.2) is 0 Å². The second kappa shape index (κ2) is 5.16. The zero-order chi connectivity index (χ0) is 8.85. The fourth-order valence-electron chi connectivity index (χ4n) is 1.26. The van der Waals surface area contributed by atoms with Gasteiger partial charge in [0.1, 0.15) is 0 Å². The van der Waals surface area contributed by atoms with Crippen molar-refractivity contribution in [2.45, 2.75) is 39.7 Å². The predicted octanol–water partition coefficient (Wildman–Crippen LogP) is 2.16. The summed E-state index contributed by atoms with van der Waals surface area (Å²) in [5, 5.41) is 0. The van der Waals surface area contributed by atoms with E-state index in [4.69, 9.17) is 0 Å². The van der Waals surface area contributed by atoms with Crippen LogP contribution in [0.3, 0.4) is 0 Å². The highest BCUT2D eigenvalue weighted by Crippen LogP contribution is 2.06. The van der Waals surface area contributed by atoms with Gasteiger partial charge in [-0.15, -0.1) is 0 Å². The Kier molecular flexibility index (Phi) is 4.92. The standard InChI is InChI=1S/C9H20N2/c1-6-9(7-2)11(5)8(3)10-4/h9H,6-7H2,1-5H3. The van der Waals surface area contributed by atoms with Gasteiger partial charge in [-0.05, 0) is 19.8 Å². The molecule has 0 unspecified atom stereocenters. The molecule has 0 radical (unpaired) electrons. The van der Waals surface area contributed by atoms with Gasteiger partial charge >= 0.3 is 0 Å². The maximum absolute atomic E-state index is 4.15. The summed E-state index contributed by atoms with van der Waals surface area (Å²) < 4.78 is 0. The van der Waals surface area contributed by atoms with Gasteiger partial charge < -0.3 is 4.90 Å². The van der Waals surface area contributed by atoms with E-state index < -0.39 is 0 Å². The zero-order valence-electron chi connectivity index (χ0n) is 8.39. The second-order valence-corrected chi connectivity index (χ2v) is 2.85. The number of hydrogen-bond donors (Lipinski definition) is 0. The molecular weight excluding hydrogens is 136 g/mol. The molecule has 0 saturated carbocycles. The number of rotatable bonds is 3. The first-order valence-corrected chi connectivity index (χ1v) is 4.33. The minimum atomic E-state index is 0.652. The number of aliphatic imine (C=N–C) groups is 1. The van der Waals surface area contributed by atoms with Crippen molar-refractivity contribution in [2.24, 2.45) is 4.99 Å². The van der Waals surface area contributed by atoms with E-state index in [-0.39, 0.29) is 0 Å². The Hall–Kier alpha value is -0.530. The molecule has 0 aromatic rings. The molecule has 66 valence electrons. The summed E-state index contributed by atoms with van der Waals surface area (Å²) in [4.78, 5) is 6.40. The van der Waals surface area contributed by atoms with Crippen LogP contribution in [0.15, 0.2) is 4.99 Å². The van der Waals surface area contributed by atoms with Gasteiger partial charge in [-0.2, -0.15) is 0 Å². The normalized spacial score (nSPS) is 12.4. The summed E-state index contributed by atoms with van der Waals surface area (Å²) in [6, 6.07) is 0.652. The molecule has 0 aliphatic rings. The van der Waals surface area contributed by atoms with Crippen LogP contribution in [-0.4, -0.2) is 30.9 Å². The van der Waals surface area contributed by atoms with Gasteiger partial charge in [-0.1, -0.05) is 13.8 Å². The van der Waals surface area contributed by atoms with E-state index in [0.717, 1.165) is 5.84 Å². The molecule has 0 heterocycles. The average molecular weight is 156 g/mol. The minimum Gasteiger partial charge on any atom is -0.361 e.